The highest BCUT2D eigenvalue weighted by molar-refractivity contribution is 5.78. The van der Waals surface area contributed by atoms with Gasteiger partial charge < -0.3 is 0 Å². The van der Waals surface area contributed by atoms with Gasteiger partial charge in [0.1, 0.15) is 12.1 Å². The molecule has 98 valence electrons. The van der Waals surface area contributed by atoms with Crippen molar-refractivity contribution in [2.75, 3.05) is 0 Å². The Kier molecular flexibility index (Phi) is 3.38. The summed E-state index contributed by atoms with van der Waals surface area (Å²) < 4.78 is 50.7. The summed E-state index contributed by atoms with van der Waals surface area (Å²) >= 11 is 0. The van der Waals surface area contributed by atoms with Gasteiger partial charge in [-0.1, -0.05) is 24.3 Å². The summed E-state index contributed by atoms with van der Waals surface area (Å²) in [4.78, 5) is 10.6. The zero-order valence-corrected chi connectivity index (χ0v) is 9.54. The summed E-state index contributed by atoms with van der Waals surface area (Å²) in [5, 5.41) is 0. The Labute approximate surface area is 106 Å². The first-order chi connectivity index (χ1) is 8.91. The van der Waals surface area contributed by atoms with Gasteiger partial charge in [-0.2, -0.15) is 13.2 Å². The van der Waals surface area contributed by atoms with E-state index in [1.54, 1.807) is 18.2 Å². The number of hydrogen-bond donors (Lipinski definition) is 0. The summed E-state index contributed by atoms with van der Waals surface area (Å²) in [7, 11) is 0. The number of benzene rings is 2. The number of halogens is 4. The Balaban J connectivity index is 2.47. The van der Waals surface area contributed by atoms with E-state index >= 15 is 0 Å². The van der Waals surface area contributed by atoms with E-state index in [1.165, 1.54) is 12.1 Å². The van der Waals surface area contributed by atoms with Gasteiger partial charge >= 0.3 is 6.18 Å². The Morgan fingerprint density at radius 3 is 2.21 bits per heavy atom. The zero-order chi connectivity index (χ0) is 14.0. The lowest BCUT2D eigenvalue weighted by Gasteiger charge is -2.09. The van der Waals surface area contributed by atoms with Crippen LogP contribution in [-0.2, 0) is 6.18 Å². The lowest BCUT2D eigenvalue weighted by atomic mass is 10.0. The molecule has 0 aliphatic heterocycles. The average Bonchev–Trinajstić information content (AvgIpc) is 2.37. The van der Waals surface area contributed by atoms with Crippen molar-refractivity contribution in [3.05, 3.63) is 59.4 Å². The molecule has 2 rings (SSSR count). The van der Waals surface area contributed by atoms with Crippen LogP contribution in [0.5, 0.6) is 0 Å². The van der Waals surface area contributed by atoms with Crippen LogP contribution in [0.4, 0.5) is 17.6 Å². The number of alkyl halides is 3. The van der Waals surface area contributed by atoms with E-state index < -0.39 is 17.6 Å². The minimum Gasteiger partial charge on any atom is -0.298 e. The van der Waals surface area contributed by atoms with E-state index in [2.05, 4.69) is 0 Å². The highest BCUT2D eigenvalue weighted by Crippen LogP contribution is 2.33. The second-order valence-electron chi connectivity index (χ2n) is 3.94. The van der Waals surface area contributed by atoms with Crippen LogP contribution in [-0.4, -0.2) is 6.29 Å². The van der Waals surface area contributed by atoms with E-state index in [9.17, 15) is 22.4 Å². The number of aldehydes is 1. The van der Waals surface area contributed by atoms with Crippen molar-refractivity contribution in [1.82, 2.24) is 0 Å². The molecule has 2 aromatic carbocycles. The molecule has 0 spiro atoms. The van der Waals surface area contributed by atoms with E-state index in [4.69, 9.17) is 0 Å². The van der Waals surface area contributed by atoms with Gasteiger partial charge in [0.05, 0.1) is 5.56 Å². The normalized spacial score (nSPS) is 11.4. The molecule has 2 aromatic rings. The molecule has 0 amide bonds. The Morgan fingerprint density at radius 2 is 1.63 bits per heavy atom. The van der Waals surface area contributed by atoms with Crippen LogP contribution in [0.2, 0.25) is 0 Å². The molecule has 1 nitrogen and oxygen atoms in total. The van der Waals surface area contributed by atoms with Crippen molar-refractivity contribution in [2.45, 2.75) is 6.18 Å². The highest BCUT2D eigenvalue weighted by atomic mass is 19.4. The number of carbonyl (C=O) groups excluding carboxylic acids is 1. The van der Waals surface area contributed by atoms with Gasteiger partial charge in [0, 0.05) is 5.56 Å². The van der Waals surface area contributed by atoms with Crippen LogP contribution < -0.4 is 0 Å². The highest BCUT2D eigenvalue weighted by Gasteiger charge is 2.33. The molecule has 5 heteroatoms. The van der Waals surface area contributed by atoms with Crippen LogP contribution >= 0.6 is 0 Å². The maximum Gasteiger partial charge on any atom is 0.419 e. The van der Waals surface area contributed by atoms with E-state index in [0.717, 1.165) is 6.07 Å². The molecule has 0 atom stereocenters. The SMILES string of the molecule is O=Cc1cccc(-c2ccc(C(F)(F)F)c(F)c2)c1. The smallest absolute Gasteiger partial charge is 0.298 e. The third-order valence-electron chi connectivity index (χ3n) is 2.63. The van der Waals surface area contributed by atoms with Gasteiger partial charge in [0.2, 0.25) is 0 Å². The van der Waals surface area contributed by atoms with Crippen LogP contribution in [0.3, 0.4) is 0 Å². The van der Waals surface area contributed by atoms with Crippen molar-refractivity contribution in [3.8, 4) is 11.1 Å². The Morgan fingerprint density at radius 1 is 0.947 bits per heavy atom. The van der Waals surface area contributed by atoms with Crippen molar-refractivity contribution >= 4 is 6.29 Å². The molecule has 0 N–H and O–H groups in total. The summed E-state index contributed by atoms with van der Waals surface area (Å²) in [5.41, 5.74) is -0.160. The second kappa shape index (κ2) is 4.84. The maximum absolute atomic E-state index is 13.4. The molecule has 0 radical (unpaired) electrons. The first-order valence-corrected chi connectivity index (χ1v) is 5.34. The predicted molar refractivity (Wildman–Crippen MR) is 62.2 cm³/mol. The standard InChI is InChI=1S/C14H8F4O/c15-13-7-11(4-5-12(13)14(16,17)18)10-3-1-2-9(6-10)8-19/h1-8H. The zero-order valence-electron chi connectivity index (χ0n) is 9.54. The summed E-state index contributed by atoms with van der Waals surface area (Å²) in [6.45, 7) is 0. The lowest BCUT2D eigenvalue weighted by molar-refractivity contribution is -0.139. The number of carbonyl (C=O) groups is 1. The number of hydrogen-bond acceptors (Lipinski definition) is 1. The number of rotatable bonds is 2. The van der Waals surface area contributed by atoms with Gasteiger partial charge in [-0.15, -0.1) is 0 Å². The molecular formula is C14H8F4O. The minimum absolute atomic E-state index is 0.286. The van der Waals surface area contributed by atoms with Crippen LogP contribution in [0, 0.1) is 5.82 Å². The summed E-state index contributed by atoms with van der Waals surface area (Å²) in [6.07, 6.45) is -4.10. The fourth-order valence-electron chi connectivity index (χ4n) is 1.72. The summed E-state index contributed by atoms with van der Waals surface area (Å²) in [5.74, 6) is -1.33. The molecule has 0 bridgehead atoms. The van der Waals surface area contributed by atoms with Gasteiger partial charge in [-0.3, -0.25) is 4.79 Å². The van der Waals surface area contributed by atoms with E-state index in [-0.39, 0.29) is 5.56 Å². The fraction of sp³-hybridized carbons (Fsp3) is 0.0714. The third kappa shape index (κ3) is 2.81. The fourth-order valence-corrected chi connectivity index (χ4v) is 1.72. The van der Waals surface area contributed by atoms with Crippen molar-refractivity contribution in [3.63, 3.8) is 0 Å². The molecule has 0 aromatic heterocycles. The van der Waals surface area contributed by atoms with E-state index in [1.807, 2.05) is 0 Å². The minimum atomic E-state index is -4.72. The molecule has 0 saturated heterocycles. The first-order valence-electron chi connectivity index (χ1n) is 5.34. The van der Waals surface area contributed by atoms with Crippen LogP contribution in [0.25, 0.3) is 11.1 Å². The van der Waals surface area contributed by atoms with Crippen LogP contribution in [0.15, 0.2) is 42.5 Å². The third-order valence-corrected chi connectivity index (χ3v) is 2.63. The molecule has 0 heterocycles. The molecule has 0 fully saturated rings. The first kappa shape index (κ1) is 13.3. The summed E-state index contributed by atoms with van der Waals surface area (Å²) in [6, 6.07) is 8.89. The molecule has 0 aliphatic rings. The topological polar surface area (TPSA) is 17.1 Å². The maximum atomic E-state index is 13.4. The average molecular weight is 268 g/mol. The monoisotopic (exact) mass is 268 g/mol. The quantitative estimate of drug-likeness (QED) is 0.585. The van der Waals surface area contributed by atoms with Crippen molar-refractivity contribution in [1.29, 1.82) is 0 Å². The molecule has 0 aliphatic carbocycles. The van der Waals surface area contributed by atoms with Crippen molar-refractivity contribution in [2.24, 2.45) is 0 Å². The van der Waals surface area contributed by atoms with Gasteiger partial charge in [0.25, 0.3) is 0 Å². The Bertz CT molecular complexity index is 617. The Hall–Kier alpha value is -2.17. The molecule has 19 heavy (non-hydrogen) atoms. The van der Waals surface area contributed by atoms with Gasteiger partial charge in [-0.05, 0) is 29.3 Å². The molecule has 0 saturated carbocycles. The lowest BCUT2D eigenvalue weighted by Crippen LogP contribution is -2.07. The second-order valence-corrected chi connectivity index (χ2v) is 3.94. The largest absolute Gasteiger partial charge is 0.419 e. The van der Waals surface area contributed by atoms with Gasteiger partial charge in [-0.25, -0.2) is 4.39 Å². The molecule has 0 unspecified atom stereocenters. The molecular weight excluding hydrogens is 260 g/mol. The predicted octanol–water partition coefficient (Wildman–Crippen LogP) is 4.32. The van der Waals surface area contributed by atoms with Crippen LogP contribution in [0.1, 0.15) is 15.9 Å². The van der Waals surface area contributed by atoms with E-state index in [0.29, 0.717) is 23.5 Å². The van der Waals surface area contributed by atoms with Crippen molar-refractivity contribution < 1.29 is 22.4 Å². The van der Waals surface area contributed by atoms with Gasteiger partial charge in [0.15, 0.2) is 0 Å².